The van der Waals surface area contributed by atoms with Gasteiger partial charge in [-0.15, -0.1) is 0 Å². The maximum atomic E-state index is 5.46. The van der Waals surface area contributed by atoms with Crippen LogP contribution in [0.25, 0.3) is 0 Å². The predicted octanol–water partition coefficient (Wildman–Crippen LogP) is 2.93. The van der Waals surface area contributed by atoms with Gasteiger partial charge in [0.2, 0.25) is 0 Å². The van der Waals surface area contributed by atoms with Gasteiger partial charge in [-0.25, -0.2) is 0 Å². The largest absolute Gasteiger partial charge is 0.497 e. The van der Waals surface area contributed by atoms with Crippen molar-refractivity contribution in [3.63, 3.8) is 0 Å². The summed E-state index contributed by atoms with van der Waals surface area (Å²) in [5.74, 6) is 1.59. The standard InChI is InChI=1S/C16H21N3O2/c1-19-15-6-4-5-13(12(15)10-17-19)18-14-8-7-11(20-2)9-16(14)21-3/h7-10,13,18H,4-6H2,1-3H3. The fourth-order valence-electron chi connectivity index (χ4n) is 2.96. The predicted molar refractivity (Wildman–Crippen MR) is 82.1 cm³/mol. The number of ether oxygens (including phenoxy) is 2. The van der Waals surface area contributed by atoms with Crippen molar-refractivity contribution in [1.82, 2.24) is 9.78 Å². The molecule has 1 atom stereocenters. The van der Waals surface area contributed by atoms with E-state index in [1.165, 1.54) is 17.7 Å². The highest BCUT2D eigenvalue weighted by molar-refractivity contribution is 5.60. The second-order valence-electron chi connectivity index (χ2n) is 5.33. The molecule has 112 valence electrons. The Hall–Kier alpha value is -2.17. The van der Waals surface area contributed by atoms with Crippen LogP contribution in [-0.2, 0) is 13.5 Å². The normalized spacial score (nSPS) is 17.2. The molecule has 0 amide bonds. The lowest BCUT2D eigenvalue weighted by Gasteiger charge is -2.25. The molecule has 0 fully saturated rings. The number of aromatic nitrogens is 2. The van der Waals surface area contributed by atoms with Crippen LogP contribution in [0.3, 0.4) is 0 Å². The van der Waals surface area contributed by atoms with Gasteiger partial charge in [0.05, 0.1) is 32.1 Å². The second kappa shape index (κ2) is 5.68. The summed E-state index contributed by atoms with van der Waals surface area (Å²) in [5.41, 5.74) is 3.60. The summed E-state index contributed by atoms with van der Waals surface area (Å²) >= 11 is 0. The zero-order chi connectivity index (χ0) is 14.8. The number of nitrogens with one attached hydrogen (secondary N) is 1. The highest BCUT2D eigenvalue weighted by Gasteiger charge is 2.24. The average Bonchev–Trinajstić information content (AvgIpc) is 2.90. The van der Waals surface area contributed by atoms with E-state index in [1.807, 2.05) is 36.1 Å². The van der Waals surface area contributed by atoms with Crippen molar-refractivity contribution in [2.45, 2.75) is 25.3 Å². The van der Waals surface area contributed by atoms with E-state index in [1.54, 1.807) is 14.2 Å². The summed E-state index contributed by atoms with van der Waals surface area (Å²) in [5, 5.41) is 7.97. The first-order valence-corrected chi connectivity index (χ1v) is 7.22. The summed E-state index contributed by atoms with van der Waals surface area (Å²) in [7, 11) is 5.34. The van der Waals surface area contributed by atoms with Gasteiger partial charge in [0.25, 0.3) is 0 Å². The van der Waals surface area contributed by atoms with Crippen LogP contribution in [-0.4, -0.2) is 24.0 Å². The first-order chi connectivity index (χ1) is 10.2. The summed E-state index contributed by atoms with van der Waals surface area (Å²) in [4.78, 5) is 0. The molecule has 0 spiro atoms. The topological polar surface area (TPSA) is 48.3 Å². The first-order valence-electron chi connectivity index (χ1n) is 7.22. The smallest absolute Gasteiger partial charge is 0.145 e. The Morgan fingerprint density at radius 2 is 2.14 bits per heavy atom. The number of anilines is 1. The Labute approximate surface area is 124 Å². The quantitative estimate of drug-likeness (QED) is 0.939. The van der Waals surface area contributed by atoms with E-state index in [0.717, 1.165) is 30.0 Å². The lowest BCUT2D eigenvalue weighted by atomic mass is 9.93. The minimum Gasteiger partial charge on any atom is -0.497 e. The van der Waals surface area contributed by atoms with Gasteiger partial charge < -0.3 is 14.8 Å². The third-order valence-electron chi connectivity index (χ3n) is 4.11. The molecule has 1 N–H and O–H groups in total. The molecule has 0 saturated carbocycles. The lowest BCUT2D eigenvalue weighted by molar-refractivity contribution is 0.395. The molecule has 0 bridgehead atoms. The first kappa shape index (κ1) is 13.8. The van der Waals surface area contributed by atoms with Crippen LogP contribution >= 0.6 is 0 Å². The SMILES string of the molecule is COc1ccc(NC2CCCc3c2cnn3C)c(OC)c1. The van der Waals surface area contributed by atoms with Crippen molar-refractivity contribution in [3.8, 4) is 11.5 Å². The van der Waals surface area contributed by atoms with E-state index in [4.69, 9.17) is 9.47 Å². The molecule has 0 radical (unpaired) electrons. The van der Waals surface area contributed by atoms with E-state index in [9.17, 15) is 0 Å². The molecular weight excluding hydrogens is 266 g/mol. The molecule has 3 rings (SSSR count). The Morgan fingerprint density at radius 1 is 1.29 bits per heavy atom. The van der Waals surface area contributed by atoms with E-state index in [-0.39, 0.29) is 6.04 Å². The molecule has 1 aromatic heterocycles. The van der Waals surface area contributed by atoms with Crippen LogP contribution in [0.2, 0.25) is 0 Å². The molecule has 1 heterocycles. The van der Waals surface area contributed by atoms with Crippen LogP contribution in [0.4, 0.5) is 5.69 Å². The van der Waals surface area contributed by atoms with Gasteiger partial charge in [-0.1, -0.05) is 0 Å². The fraction of sp³-hybridized carbons (Fsp3) is 0.438. The average molecular weight is 287 g/mol. The van der Waals surface area contributed by atoms with Crippen molar-refractivity contribution in [1.29, 1.82) is 0 Å². The third kappa shape index (κ3) is 2.55. The minimum absolute atomic E-state index is 0.282. The van der Waals surface area contributed by atoms with Crippen molar-refractivity contribution in [2.75, 3.05) is 19.5 Å². The van der Waals surface area contributed by atoms with E-state index >= 15 is 0 Å². The monoisotopic (exact) mass is 287 g/mol. The highest BCUT2D eigenvalue weighted by atomic mass is 16.5. The molecule has 5 nitrogen and oxygen atoms in total. The van der Waals surface area contributed by atoms with Crippen molar-refractivity contribution >= 4 is 5.69 Å². The highest BCUT2D eigenvalue weighted by Crippen LogP contribution is 2.36. The number of methoxy groups -OCH3 is 2. The molecule has 21 heavy (non-hydrogen) atoms. The Bertz CT molecular complexity index is 636. The molecule has 5 heteroatoms. The van der Waals surface area contributed by atoms with Crippen LogP contribution in [0.5, 0.6) is 11.5 Å². The molecule has 1 aliphatic carbocycles. The van der Waals surface area contributed by atoms with Gasteiger partial charge in [-0.05, 0) is 31.4 Å². The number of rotatable bonds is 4. The van der Waals surface area contributed by atoms with Crippen LogP contribution < -0.4 is 14.8 Å². The number of fused-ring (bicyclic) bond motifs is 1. The minimum atomic E-state index is 0.282. The van der Waals surface area contributed by atoms with Crippen LogP contribution in [0.15, 0.2) is 24.4 Å². The van der Waals surface area contributed by atoms with E-state index in [0.29, 0.717) is 0 Å². The van der Waals surface area contributed by atoms with E-state index < -0.39 is 0 Å². The van der Waals surface area contributed by atoms with Gasteiger partial charge in [0.1, 0.15) is 11.5 Å². The van der Waals surface area contributed by atoms with Gasteiger partial charge >= 0.3 is 0 Å². The zero-order valence-corrected chi connectivity index (χ0v) is 12.7. The third-order valence-corrected chi connectivity index (χ3v) is 4.11. The van der Waals surface area contributed by atoms with Gasteiger partial charge in [-0.2, -0.15) is 5.10 Å². The van der Waals surface area contributed by atoms with Gasteiger partial charge in [0.15, 0.2) is 0 Å². The maximum absolute atomic E-state index is 5.46. The summed E-state index contributed by atoms with van der Waals surface area (Å²) in [6.45, 7) is 0. The molecule has 0 saturated heterocycles. The van der Waals surface area contributed by atoms with Gasteiger partial charge in [-0.3, -0.25) is 4.68 Å². The van der Waals surface area contributed by atoms with Gasteiger partial charge in [0, 0.05) is 24.4 Å². The summed E-state index contributed by atoms with van der Waals surface area (Å²) in [6.07, 6.45) is 5.35. The fourth-order valence-corrected chi connectivity index (χ4v) is 2.96. The number of benzene rings is 1. The Morgan fingerprint density at radius 3 is 2.90 bits per heavy atom. The number of hydrogen-bond acceptors (Lipinski definition) is 4. The Kier molecular flexibility index (Phi) is 3.73. The van der Waals surface area contributed by atoms with E-state index in [2.05, 4.69) is 10.4 Å². The Balaban J connectivity index is 1.87. The molecule has 1 aromatic carbocycles. The molecular formula is C16H21N3O2. The summed E-state index contributed by atoms with van der Waals surface area (Å²) in [6, 6.07) is 6.12. The second-order valence-corrected chi connectivity index (χ2v) is 5.33. The van der Waals surface area contributed by atoms with Crippen LogP contribution in [0, 0.1) is 0 Å². The maximum Gasteiger partial charge on any atom is 0.145 e. The molecule has 1 aliphatic rings. The number of nitrogens with zero attached hydrogens (tertiary/aromatic N) is 2. The van der Waals surface area contributed by atoms with Crippen LogP contribution in [0.1, 0.15) is 30.1 Å². The number of hydrogen-bond donors (Lipinski definition) is 1. The summed E-state index contributed by atoms with van der Waals surface area (Å²) < 4.78 is 12.7. The molecule has 0 aliphatic heterocycles. The zero-order valence-electron chi connectivity index (χ0n) is 12.7. The van der Waals surface area contributed by atoms with Crippen molar-refractivity contribution in [3.05, 3.63) is 35.7 Å². The van der Waals surface area contributed by atoms with Crippen molar-refractivity contribution < 1.29 is 9.47 Å². The molecule has 2 aromatic rings. The van der Waals surface area contributed by atoms with Crippen molar-refractivity contribution in [2.24, 2.45) is 7.05 Å². The molecule has 1 unspecified atom stereocenters. The lowest BCUT2D eigenvalue weighted by Crippen LogP contribution is -2.18. The number of aryl methyl sites for hydroxylation is 1.